The summed E-state index contributed by atoms with van der Waals surface area (Å²) in [5.41, 5.74) is 8.02. The number of nitrogens with one attached hydrogen (secondary N) is 2. The summed E-state index contributed by atoms with van der Waals surface area (Å²) in [6.45, 7) is 3.62. The number of aromatic nitrogens is 2. The van der Waals surface area contributed by atoms with Crippen LogP contribution in [0.25, 0.3) is 0 Å². The highest BCUT2D eigenvalue weighted by molar-refractivity contribution is 8.00. The van der Waals surface area contributed by atoms with Crippen molar-refractivity contribution in [1.82, 2.24) is 10.2 Å². The number of carbonyl (C=O) groups is 1. The van der Waals surface area contributed by atoms with E-state index in [9.17, 15) is 9.18 Å². The fourth-order valence-electron chi connectivity index (χ4n) is 1.69. The molecule has 106 valence electrons. The first-order valence-electron chi connectivity index (χ1n) is 5.96. The monoisotopic (exact) mass is 294 g/mol. The van der Waals surface area contributed by atoms with E-state index in [4.69, 9.17) is 5.73 Å². The lowest BCUT2D eigenvalue weighted by molar-refractivity contribution is -0.113. The van der Waals surface area contributed by atoms with Crippen molar-refractivity contribution in [3.63, 3.8) is 0 Å². The number of nitrogens with zero attached hydrogens (tertiary/aromatic N) is 1. The number of aryl methyl sites for hydroxylation is 2. The number of thioether (sulfide) groups is 1. The second-order valence-electron chi connectivity index (χ2n) is 4.34. The van der Waals surface area contributed by atoms with Gasteiger partial charge in [0.25, 0.3) is 0 Å². The van der Waals surface area contributed by atoms with E-state index >= 15 is 0 Å². The van der Waals surface area contributed by atoms with Gasteiger partial charge in [-0.25, -0.2) is 4.39 Å². The molecule has 4 N–H and O–H groups in total. The fourth-order valence-corrected chi connectivity index (χ4v) is 2.41. The van der Waals surface area contributed by atoms with Crippen molar-refractivity contribution in [3.8, 4) is 0 Å². The summed E-state index contributed by atoms with van der Waals surface area (Å²) in [5.74, 6) is -0.512. The zero-order chi connectivity index (χ0) is 14.7. The van der Waals surface area contributed by atoms with E-state index in [0.717, 1.165) is 23.1 Å². The first-order chi connectivity index (χ1) is 9.47. The van der Waals surface area contributed by atoms with E-state index in [0.29, 0.717) is 16.3 Å². The van der Waals surface area contributed by atoms with Crippen LogP contribution in [0, 0.1) is 19.7 Å². The number of nitrogen functional groups attached to an aromatic ring is 1. The van der Waals surface area contributed by atoms with Crippen molar-refractivity contribution in [2.75, 3.05) is 16.8 Å². The molecule has 1 aromatic carbocycles. The van der Waals surface area contributed by atoms with Crippen LogP contribution in [0.5, 0.6) is 0 Å². The summed E-state index contributed by atoms with van der Waals surface area (Å²) in [6, 6.07) is 4.41. The minimum Gasteiger partial charge on any atom is -0.399 e. The van der Waals surface area contributed by atoms with Crippen molar-refractivity contribution in [2.45, 2.75) is 18.7 Å². The van der Waals surface area contributed by atoms with E-state index in [1.165, 1.54) is 6.07 Å². The second kappa shape index (κ2) is 5.96. The van der Waals surface area contributed by atoms with E-state index in [1.54, 1.807) is 19.1 Å². The van der Waals surface area contributed by atoms with Gasteiger partial charge in [-0.05, 0) is 32.0 Å². The van der Waals surface area contributed by atoms with Crippen LogP contribution in [0.1, 0.15) is 11.4 Å². The van der Waals surface area contributed by atoms with Gasteiger partial charge < -0.3 is 11.1 Å². The predicted octanol–water partition coefficient (Wildman–Crippen LogP) is 2.48. The maximum atomic E-state index is 13.6. The number of hydrogen-bond acceptors (Lipinski definition) is 4. The highest BCUT2D eigenvalue weighted by Gasteiger charge is 2.11. The molecular formula is C13H15FN4OS. The lowest BCUT2D eigenvalue weighted by Crippen LogP contribution is -2.15. The highest BCUT2D eigenvalue weighted by Crippen LogP contribution is 2.24. The second-order valence-corrected chi connectivity index (χ2v) is 5.35. The first kappa shape index (κ1) is 14.4. The standard InChI is InChI=1S/C13H15FN4OS/c1-7-13(8(2)18-17-7)16-12(19)6-20-11-4-3-9(15)5-10(11)14/h3-5H,6,15H2,1-2H3,(H,16,19)(H,17,18). The zero-order valence-electron chi connectivity index (χ0n) is 11.2. The lowest BCUT2D eigenvalue weighted by Gasteiger charge is -2.06. The van der Waals surface area contributed by atoms with Gasteiger partial charge in [0, 0.05) is 10.6 Å². The molecule has 0 aliphatic rings. The molecule has 0 radical (unpaired) electrons. The summed E-state index contributed by atoms with van der Waals surface area (Å²) < 4.78 is 13.6. The Labute approximate surface area is 120 Å². The SMILES string of the molecule is Cc1n[nH]c(C)c1NC(=O)CSc1ccc(N)cc1F. The van der Waals surface area contributed by atoms with Gasteiger partial charge in [-0.15, -0.1) is 11.8 Å². The highest BCUT2D eigenvalue weighted by atomic mass is 32.2. The normalized spacial score (nSPS) is 10.6. The van der Waals surface area contributed by atoms with Crippen LogP contribution in [-0.2, 0) is 4.79 Å². The topological polar surface area (TPSA) is 83.8 Å². The van der Waals surface area contributed by atoms with E-state index in [-0.39, 0.29) is 11.7 Å². The number of aromatic amines is 1. The molecule has 0 bridgehead atoms. The van der Waals surface area contributed by atoms with Crippen LogP contribution < -0.4 is 11.1 Å². The molecule has 0 atom stereocenters. The number of nitrogens with two attached hydrogens (primary N) is 1. The van der Waals surface area contributed by atoms with Gasteiger partial charge in [0.2, 0.25) is 5.91 Å². The van der Waals surface area contributed by atoms with Gasteiger partial charge in [-0.3, -0.25) is 9.89 Å². The molecule has 1 heterocycles. The number of benzene rings is 1. The maximum Gasteiger partial charge on any atom is 0.234 e. The Balaban J connectivity index is 1.96. The molecule has 0 fully saturated rings. The van der Waals surface area contributed by atoms with E-state index in [1.807, 2.05) is 6.92 Å². The summed E-state index contributed by atoms with van der Waals surface area (Å²) in [6.07, 6.45) is 0. The Morgan fingerprint density at radius 2 is 2.25 bits per heavy atom. The Hall–Kier alpha value is -2.02. The summed E-state index contributed by atoms with van der Waals surface area (Å²) >= 11 is 1.12. The number of halogens is 1. The predicted molar refractivity (Wildman–Crippen MR) is 78.2 cm³/mol. The largest absolute Gasteiger partial charge is 0.399 e. The number of H-pyrrole nitrogens is 1. The van der Waals surface area contributed by atoms with Crippen LogP contribution >= 0.6 is 11.8 Å². The van der Waals surface area contributed by atoms with Crippen molar-refractivity contribution in [3.05, 3.63) is 35.4 Å². The first-order valence-corrected chi connectivity index (χ1v) is 6.95. The van der Waals surface area contributed by atoms with E-state index in [2.05, 4.69) is 15.5 Å². The Kier molecular flexibility index (Phi) is 4.29. The van der Waals surface area contributed by atoms with Crippen molar-refractivity contribution < 1.29 is 9.18 Å². The average Bonchev–Trinajstić information content (AvgIpc) is 2.69. The summed E-state index contributed by atoms with van der Waals surface area (Å²) in [7, 11) is 0. The van der Waals surface area contributed by atoms with Crippen LogP contribution in [0.2, 0.25) is 0 Å². The van der Waals surface area contributed by atoms with Crippen LogP contribution in [-0.4, -0.2) is 21.9 Å². The quantitative estimate of drug-likeness (QED) is 0.597. The van der Waals surface area contributed by atoms with Gasteiger partial charge >= 0.3 is 0 Å². The molecular weight excluding hydrogens is 279 g/mol. The molecule has 20 heavy (non-hydrogen) atoms. The number of amides is 1. The molecule has 0 aliphatic carbocycles. The molecule has 1 amide bonds. The molecule has 2 aromatic rings. The minimum atomic E-state index is -0.418. The van der Waals surface area contributed by atoms with Crippen molar-refractivity contribution >= 4 is 29.0 Å². The molecule has 0 unspecified atom stereocenters. The smallest absolute Gasteiger partial charge is 0.234 e. The Bertz CT molecular complexity index is 622. The number of anilines is 2. The summed E-state index contributed by atoms with van der Waals surface area (Å²) in [5, 5.41) is 9.54. The molecule has 2 rings (SSSR count). The van der Waals surface area contributed by atoms with Crippen molar-refractivity contribution in [2.24, 2.45) is 0 Å². The molecule has 0 spiro atoms. The number of hydrogen-bond donors (Lipinski definition) is 3. The fraction of sp³-hybridized carbons (Fsp3) is 0.231. The van der Waals surface area contributed by atoms with Gasteiger partial charge in [0.15, 0.2) is 0 Å². The molecule has 1 aromatic heterocycles. The Morgan fingerprint density at radius 3 is 2.85 bits per heavy atom. The third kappa shape index (κ3) is 3.30. The van der Waals surface area contributed by atoms with Gasteiger partial charge in [0.1, 0.15) is 5.82 Å². The lowest BCUT2D eigenvalue weighted by atomic mass is 10.3. The molecule has 5 nitrogen and oxygen atoms in total. The molecule has 0 saturated heterocycles. The zero-order valence-corrected chi connectivity index (χ0v) is 12.0. The van der Waals surface area contributed by atoms with Gasteiger partial charge in [-0.1, -0.05) is 0 Å². The average molecular weight is 294 g/mol. The third-order valence-corrected chi connectivity index (χ3v) is 3.76. The minimum absolute atomic E-state index is 0.116. The van der Waals surface area contributed by atoms with Crippen LogP contribution in [0.3, 0.4) is 0 Å². The van der Waals surface area contributed by atoms with Gasteiger partial charge in [0.05, 0.1) is 22.8 Å². The van der Waals surface area contributed by atoms with Crippen LogP contribution in [0.15, 0.2) is 23.1 Å². The molecule has 7 heteroatoms. The number of rotatable bonds is 4. The maximum absolute atomic E-state index is 13.6. The molecule has 0 saturated carbocycles. The van der Waals surface area contributed by atoms with Crippen molar-refractivity contribution in [1.29, 1.82) is 0 Å². The third-order valence-electron chi connectivity index (χ3n) is 2.71. The number of carbonyl (C=O) groups excluding carboxylic acids is 1. The van der Waals surface area contributed by atoms with Crippen LogP contribution in [0.4, 0.5) is 15.8 Å². The van der Waals surface area contributed by atoms with E-state index < -0.39 is 5.82 Å². The summed E-state index contributed by atoms with van der Waals surface area (Å²) in [4.78, 5) is 12.2. The van der Waals surface area contributed by atoms with Gasteiger partial charge in [-0.2, -0.15) is 5.10 Å². The molecule has 0 aliphatic heterocycles. The Morgan fingerprint density at radius 1 is 1.50 bits per heavy atom.